The van der Waals surface area contributed by atoms with Crippen molar-refractivity contribution >= 4 is 5.97 Å². The number of rotatable bonds is 9. The van der Waals surface area contributed by atoms with Gasteiger partial charge < -0.3 is 5.11 Å². The number of hydrogen-bond acceptors (Lipinski definition) is 3. The van der Waals surface area contributed by atoms with Crippen LogP contribution in [0.3, 0.4) is 0 Å². The summed E-state index contributed by atoms with van der Waals surface area (Å²) in [6.45, 7) is 11.5. The van der Waals surface area contributed by atoms with Crippen LogP contribution in [0.1, 0.15) is 73.1 Å². The molecule has 0 aromatic carbocycles. The van der Waals surface area contributed by atoms with Crippen molar-refractivity contribution in [2.45, 2.75) is 96.8 Å². The minimum atomic E-state index is -0.797. The van der Waals surface area contributed by atoms with Crippen LogP contribution in [0, 0.1) is 0 Å². The van der Waals surface area contributed by atoms with Crippen LogP contribution in [0.5, 0.6) is 0 Å². The molecule has 1 fully saturated rings. The Morgan fingerprint density at radius 2 is 2.05 bits per heavy atom. The number of nitrogens with zero attached hydrogens (tertiary/aromatic N) is 1. The lowest BCUT2D eigenvalue weighted by Gasteiger charge is -2.30. The zero-order valence-electron chi connectivity index (χ0n) is 14.5. The van der Waals surface area contributed by atoms with Gasteiger partial charge in [0, 0.05) is 18.1 Å². The molecule has 1 aliphatic heterocycles. The van der Waals surface area contributed by atoms with Gasteiger partial charge in [-0.3, -0.25) is 15.0 Å². The van der Waals surface area contributed by atoms with E-state index >= 15 is 0 Å². The SMILES string of the molecule is CCC1CCC(C)N1CCCCC(C)(NC(C)C)C(=O)O. The first-order chi connectivity index (χ1) is 9.80. The number of carboxylic acid groups (broad SMARTS) is 1. The van der Waals surface area contributed by atoms with Gasteiger partial charge in [0.25, 0.3) is 0 Å². The molecule has 0 spiro atoms. The van der Waals surface area contributed by atoms with E-state index in [2.05, 4.69) is 24.1 Å². The van der Waals surface area contributed by atoms with Gasteiger partial charge >= 0.3 is 5.97 Å². The lowest BCUT2D eigenvalue weighted by Crippen LogP contribution is -2.52. The molecule has 0 radical (unpaired) electrons. The highest BCUT2D eigenvalue weighted by Crippen LogP contribution is 2.26. The molecule has 3 atom stereocenters. The van der Waals surface area contributed by atoms with Crippen LogP contribution < -0.4 is 5.32 Å². The molecule has 21 heavy (non-hydrogen) atoms. The molecule has 1 rings (SSSR count). The summed E-state index contributed by atoms with van der Waals surface area (Å²) >= 11 is 0. The third-order valence-corrected chi connectivity index (χ3v) is 4.85. The molecule has 0 bridgehead atoms. The summed E-state index contributed by atoms with van der Waals surface area (Å²) in [6, 6.07) is 1.61. The van der Waals surface area contributed by atoms with E-state index in [4.69, 9.17) is 0 Å². The molecular weight excluding hydrogens is 264 g/mol. The summed E-state index contributed by atoms with van der Waals surface area (Å²) in [5.41, 5.74) is -0.797. The molecule has 1 aliphatic rings. The molecule has 2 N–H and O–H groups in total. The van der Waals surface area contributed by atoms with E-state index in [1.165, 1.54) is 19.3 Å². The second-order valence-corrected chi connectivity index (χ2v) is 7.12. The largest absolute Gasteiger partial charge is 0.480 e. The smallest absolute Gasteiger partial charge is 0.323 e. The van der Waals surface area contributed by atoms with Crippen molar-refractivity contribution in [1.29, 1.82) is 0 Å². The minimum Gasteiger partial charge on any atom is -0.480 e. The van der Waals surface area contributed by atoms with E-state index in [9.17, 15) is 9.90 Å². The first kappa shape index (κ1) is 18.4. The standard InChI is InChI=1S/C17H34N2O2/c1-6-15-10-9-14(4)19(15)12-8-7-11-17(5,16(20)21)18-13(2)3/h13-15,18H,6-12H2,1-5H3,(H,20,21). The van der Waals surface area contributed by atoms with Crippen molar-refractivity contribution in [1.82, 2.24) is 10.2 Å². The Bertz CT molecular complexity index is 333. The first-order valence-electron chi connectivity index (χ1n) is 8.57. The molecule has 0 aromatic rings. The average Bonchev–Trinajstić information content (AvgIpc) is 2.74. The second-order valence-electron chi connectivity index (χ2n) is 7.12. The van der Waals surface area contributed by atoms with Crippen LogP contribution in [-0.2, 0) is 4.79 Å². The molecule has 0 aliphatic carbocycles. The van der Waals surface area contributed by atoms with Gasteiger partial charge in [-0.25, -0.2) is 0 Å². The second kappa shape index (κ2) is 8.14. The van der Waals surface area contributed by atoms with E-state index in [0.29, 0.717) is 12.5 Å². The third kappa shape index (κ3) is 5.26. The van der Waals surface area contributed by atoms with Gasteiger partial charge in [0.05, 0.1) is 0 Å². The van der Waals surface area contributed by atoms with Gasteiger partial charge in [0.15, 0.2) is 0 Å². The van der Waals surface area contributed by atoms with E-state index in [0.717, 1.165) is 25.4 Å². The maximum Gasteiger partial charge on any atom is 0.323 e. The first-order valence-corrected chi connectivity index (χ1v) is 8.57. The lowest BCUT2D eigenvalue weighted by atomic mass is 9.94. The maximum absolute atomic E-state index is 11.5. The zero-order valence-corrected chi connectivity index (χ0v) is 14.5. The van der Waals surface area contributed by atoms with Gasteiger partial charge in [0.1, 0.15) is 5.54 Å². The zero-order chi connectivity index (χ0) is 16.0. The number of nitrogens with one attached hydrogen (secondary N) is 1. The molecule has 4 nitrogen and oxygen atoms in total. The van der Waals surface area contributed by atoms with E-state index < -0.39 is 11.5 Å². The molecule has 124 valence electrons. The summed E-state index contributed by atoms with van der Waals surface area (Å²) in [4.78, 5) is 14.1. The van der Waals surface area contributed by atoms with Gasteiger partial charge in [-0.15, -0.1) is 0 Å². The Morgan fingerprint density at radius 1 is 1.38 bits per heavy atom. The van der Waals surface area contributed by atoms with Gasteiger partial charge in [0.2, 0.25) is 0 Å². The summed E-state index contributed by atoms with van der Waals surface area (Å²) in [7, 11) is 0. The van der Waals surface area contributed by atoms with E-state index in [1.807, 2.05) is 20.8 Å². The van der Waals surface area contributed by atoms with Crippen LogP contribution in [0.15, 0.2) is 0 Å². The topological polar surface area (TPSA) is 52.6 Å². The molecule has 1 heterocycles. The fraction of sp³-hybridized carbons (Fsp3) is 0.941. The molecule has 4 heteroatoms. The minimum absolute atomic E-state index is 0.189. The maximum atomic E-state index is 11.5. The van der Waals surface area contributed by atoms with Gasteiger partial charge in [-0.05, 0) is 72.8 Å². The fourth-order valence-corrected chi connectivity index (χ4v) is 3.62. The van der Waals surface area contributed by atoms with Crippen LogP contribution in [0.4, 0.5) is 0 Å². The quantitative estimate of drug-likeness (QED) is 0.642. The highest BCUT2D eigenvalue weighted by Gasteiger charge is 2.33. The summed E-state index contributed by atoms with van der Waals surface area (Å²) in [5, 5.41) is 12.6. The van der Waals surface area contributed by atoms with Crippen molar-refractivity contribution < 1.29 is 9.90 Å². The highest BCUT2D eigenvalue weighted by atomic mass is 16.4. The predicted molar refractivity (Wildman–Crippen MR) is 87.6 cm³/mol. The van der Waals surface area contributed by atoms with Gasteiger partial charge in [-0.2, -0.15) is 0 Å². The van der Waals surface area contributed by atoms with Gasteiger partial charge in [-0.1, -0.05) is 6.92 Å². The summed E-state index contributed by atoms with van der Waals surface area (Å²) in [6.07, 6.45) is 6.59. The van der Waals surface area contributed by atoms with Crippen molar-refractivity contribution in [2.75, 3.05) is 6.54 Å². The Balaban J connectivity index is 2.39. The molecule has 3 unspecified atom stereocenters. The number of hydrogen-bond donors (Lipinski definition) is 2. The summed E-state index contributed by atoms with van der Waals surface area (Å²) in [5.74, 6) is -0.739. The van der Waals surface area contributed by atoms with E-state index in [-0.39, 0.29) is 6.04 Å². The normalized spacial score (nSPS) is 26.2. The average molecular weight is 298 g/mol. The van der Waals surface area contributed by atoms with Crippen LogP contribution in [0.2, 0.25) is 0 Å². The third-order valence-electron chi connectivity index (χ3n) is 4.85. The van der Waals surface area contributed by atoms with Crippen LogP contribution in [0.25, 0.3) is 0 Å². The van der Waals surface area contributed by atoms with Crippen LogP contribution >= 0.6 is 0 Å². The lowest BCUT2D eigenvalue weighted by molar-refractivity contribution is -0.144. The molecule has 0 saturated carbocycles. The number of carbonyl (C=O) groups is 1. The van der Waals surface area contributed by atoms with E-state index in [1.54, 1.807) is 0 Å². The Hall–Kier alpha value is -0.610. The summed E-state index contributed by atoms with van der Waals surface area (Å²) < 4.78 is 0. The van der Waals surface area contributed by atoms with Crippen molar-refractivity contribution in [2.24, 2.45) is 0 Å². The Morgan fingerprint density at radius 3 is 2.57 bits per heavy atom. The molecular formula is C17H34N2O2. The van der Waals surface area contributed by atoms with Crippen molar-refractivity contribution in [3.63, 3.8) is 0 Å². The predicted octanol–water partition coefficient (Wildman–Crippen LogP) is 3.26. The fourth-order valence-electron chi connectivity index (χ4n) is 3.62. The monoisotopic (exact) mass is 298 g/mol. The number of carboxylic acids is 1. The van der Waals surface area contributed by atoms with Crippen molar-refractivity contribution in [3.05, 3.63) is 0 Å². The highest BCUT2D eigenvalue weighted by molar-refractivity contribution is 5.78. The Kier molecular flexibility index (Phi) is 7.14. The molecule has 1 saturated heterocycles. The van der Waals surface area contributed by atoms with Crippen molar-refractivity contribution in [3.8, 4) is 0 Å². The van der Waals surface area contributed by atoms with Crippen LogP contribution in [-0.4, -0.2) is 46.2 Å². The number of aliphatic carboxylic acids is 1. The Labute approximate surface area is 130 Å². The molecule has 0 aromatic heterocycles. The molecule has 0 amide bonds. The number of likely N-dealkylation sites (tertiary alicyclic amines) is 1. The number of unbranched alkanes of at least 4 members (excludes halogenated alkanes) is 1.